The van der Waals surface area contributed by atoms with Crippen LogP contribution < -0.4 is 16.2 Å². The number of nitrogens with two attached hydrogens (primary N) is 2. The zero-order valence-corrected chi connectivity index (χ0v) is 11.8. The first-order chi connectivity index (χ1) is 10.1. The molecule has 6 nitrogen and oxygen atoms in total. The predicted octanol–water partition coefficient (Wildman–Crippen LogP) is 1.78. The fourth-order valence-electron chi connectivity index (χ4n) is 2.31. The Morgan fingerprint density at radius 1 is 1.00 bits per heavy atom. The lowest BCUT2D eigenvalue weighted by atomic mass is 10.0. The average Bonchev–Trinajstić information content (AvgIpc) is 2.46. The Morgan fingerprint density at radius 2 is 1.68 bits per heavy atom. The SMILES string of the molecule is COc1c(-c2ccc(F)cc2)ccc2nc(N)nc(N)c12.O. The summed E-state index contributed by atoms with van der Waals surface area (Å²) in [4.78, 5) is 8.10. The zero-order valence-electron chi connectivity index (χ0n) is 11.8. The van der Waals surface area contributed by atoms with Gasteiger partial charge in [-0.25, -0.2) is 9.37 Å². The van der Waals surface area contributed by atoms with E-state index in [1.807, 2.05) is 6.07 Å². The van der Waals surface area contributed by atoms with Crippen molar-refractivity contribution in [2.45, 2.75) is 0 Å². The van der Waals surface area contributed by atoms with Crippen molar-refractivity contribution in [1.29, 1.82) is 0 Å². The fraction of sp³-hybridized carbons (Fsp3) is 0.0667. The number of ether oxygens (including phenoxy) is 1. The highest BCUT2D eigenvalue weighted by atomic mass is 19.1. The highest BCUT2D eigenvalue weighted by Crippen LogP contribution is 2.38. The quantitative estimate of drug-likeness (QED) is 0.748. The first-order valence-corrected chi connectivity index (χ1v) is 6.26. The molecule has 0 saturated carbocycles. The summed E-state index contributed by atoms with van der Waals surface area (Å²) in [5.74, 6) is 0.598. The molecule has 1 aromatic heterocycles. The van der Waals surface area contributed by atoms with Crippen molar-refractivity contribution in [1.82, 2.24) is 9.97 Å². The Labute approximate surface area is 125 Å². The summed E-state index contributed by atoms with van der Waals surface area (Å²) in [5, 5.41) is 0.591. The molecule has 0 spiro atoms. The molecule has 0 unspecified atom stereocenters. The maximum atomic E-state index is 13.1. The summed E-state index contributed by atoms with van der Waals surface area (Å²) < 4.78 is 18.5. The summed E-state index contributed by atoms with van der Waals surface area (Å²) in [7, 11) is 1.54. The molecule has 2 aromatic carbocycles. The molecule has 0 radical (unpaired) electrons. The zero-order chi connectivity index (χ0) is 15.0. The van der Waals surface area contributed by atoms with Gasteiger partial charge < -0.3 is 21.7 Å². The molecular formula is C15H15FN4O2. The third-order valence-corrected chi connectivity index (χ3v) is 3.22. The molecule has 0 aliphatic carbocycles. The second kappa shape index (κ2) is 5.82. The van der Waals surface area contributed by atoms with Gasteiger partial charge >= 0.3 is 0 Å². The third-order valence-electron chi connectivity index (χ3n) is 3.22. The number of halogens is 1. The van der Waals surface area contributed by atoms with E-state index in [1.54, 1.807) is 18.2 Å². The Morgan fingerprint density at radius 3 is 2.32 bits per heavy atom. The first kappa shape index (κ1) is 15.5. The number of benzene rings is 2. The molecule has 0 aliphatic heterocycles. The molecule has 0 amide bonds. The summed E-state index contributed by atoms with van der Waals surface area (Å²) in [6.07, 6.45) is 0. The van der Waals surface area contributed by atoms with E-state index in [0.717, 1.165) is 11.1 Å². The van der Waals surface area contributed by atoms with Crippen molar-refractivity contribution in [2.24, 2.45) is 0 Å². The van der Waals surface area contributed by atoms with E-state index in [0.29, 0.717) is 16.7 Å². The number of nitrogen functional groups attached to an aromatic ring is 2. The van der Waals surface area contributed by atoms with Crippen LogP contribution >= 0.6 is 0 Å². The van der Waals surface area contributed by atoms with Crippen molar-refractivity contribution >= 4 is 22.7 Å². The van der Waals surface area contributed by atoms with E-state index in [2.05, 4.69) is 9.97 Å². The van der Waals surface area contributed by atoms with Crippen molar-refractivity contribution in [2.75, 3.05) is 18.6 Å². The van der Waals surface area contributed by atoms with Gasteiger partial charge in [-0.3, -0.25) is 0 Å². The van der Waals surface area contributed by atoms with Crippen LogP contribution in [0.5, 0.6) is 5.75 Å². The number of aromatic nitrogens is 2. The van der Waals surface area contributed by atoms with E-state index in [9.17, 15) is 4.39 Å². The van der Waals surface area contributed by atoms with Crippen molar-refractivity contribution in [3.05, 3.63) is 42.2 Å². The minimum absolute atomic E-state index is 0. The largest absolute Gasteiger partial charge is 0.495 e. The van der Waals surface area contributed by atoms with Gasteiger partial charge in [-0.15, -0.1) is 0 Å². The highest BCUT2D eigenvalue weighted by Gasteiger charge is 2.15. The van der Waals surface area contributed by atoms with Gasteiger partial charge in [0, 0.05) is 5.56 Å². The Balaban J connectivity index is 0.00000176. The molecule has 3 aromatic rings. The molecule has 0 bridgehead atoms. The fourth-order valence-corrected chi connectivity index (χ4v) is 2.31. The number of fused-ring (bicyclic) bond motifs is 1. The van der Waals surface area contributed by atoms with Crippen LogP contribution in [0.2, 0.25) is 0 Å². The van der Waals surface area contributed by atoms with E-state index < -0.39 is 0 Å². The number of rotatable bonds is 2. The van der Waals surface area contributed by atoms with Crippen molar-refractivity contribution < 1.29 is 14.6 Å². The minimum atomic E-state index is -0.297. The van der Waals surface area contributed by atoms with Crippen LogP contribution in [-0.2, 0) is 0 Å². The van der Waals surface area contributed by atoms with Gasteiger partial charge in [-0.1, -0.05) is 12.1 Å². The summed E-state index contributed by atoms with van der Waals surface area (Å²) in [6, 6.07) is 9.75. The van der Waals surface area contributed by atoms with Gasteiger partial charge in [0.2, 0.25) is 5.95 Å². The normalized spacial score (nSPS) is 10.3. The lowest BCUT2D eigenvalue weighted by Gasteiger charge is -2.13. The molecule has 6 N–H and O–H groups in total. The van der Waals surface area contributed by atoms with Gasteiger partial charge in [-0.05, 0) is 29.8 Å². The van der Waals surface area contributed by atoms with E-state index in [4.69, 9.17) is 16.2 Å². The lowest BCUT2D eigenvalue weighted by Crippen LogP contribution is -2.02. The van der Waals surface area contributed by atoms with E-state index >= 15 is 0 Å². The van der Waals surface area contributed by atoms with E-state index in [1.165, 1.54) is 19.2 Å². The van der Waals surface area contributed by atoms with Gasteiger partial charge in [0.15, 0.2) is 0 Å². The monoisotopic (exact) mass is 302 g/mol. The molecule has 0 saturated heterocycles. The second-order valence-corrected chi connectivity index (χ2v) is 4.51. The summed E-state index contributed by atoms with van der Waals surface area (Å²) in [5.41, 5.74) is 13.7. The standard InChI is InChI=1S/C15H13FN4O.H2O/c1-21-13-10(8-2-4-9(16)5-3-8)6-7-11-12(13)14(17)20-15(18)19-11;/h2-7H,1H3,(H4,17,18,19,20);1H2. The second-order valence-electron chi connectivity index (χ2n) is 4.51. The van der Waals surface area contributed by atoms with Crippen LogP contribution in [0.4, 0.5) is 16.2 Å². The Bertz CT molecular complexity index is 822. The van der Waals surface area contributed by atoms with E-state index in [-0.39, 0.29) is 23.1 Å². The molecule has 114 valence electrons. The van der Waals surface area contributed by atoms with Crippen LogP contribution in [0, 0.1) is 5.82 Å². The molecule has 0 fully saturated rings. The number of anilines is 2. The smallest absolute Gasteiger partial charge is 0.222 e. The number of hydrogen-bond donors (Lipinski definition) is 2. The van der Waals surface area contributed by atoms with Gasteiger partial charge in [-0.2, -0.15) is 4.98 Å². The minimum Gasteiger partial charge on any atom is -0.495 e. The van der Waals surface area contributed by atoms with Crippen molar-refractivity contribution in [3.63, 3.8) is 0 Å². The molecule has 3 rings (SSSR count). The lowest BCUT2D eigenvalue weighted by molar-refractivity contribution is 0.421. The molecule has 0 atom stereocenters. The molecule has 22 heavy (non-hydrogen) atoms. The Hall–Kier alpha value is -2.93. The number of methoxy groups -OCH3 is 1. The Kier molecular flexibility index (Phi) is 4.09. The maximum Gasteiger partial charge on any atom is 0.222 e. The molecule has 0 aliphatic rings. The summed E-state index contributed by atoms with van der Waals surface area (Å²) >= 11 is 0. The summed E-state index contributed by atoms with van der Waals surface area (Å²) in [6.45, 7) is 0. The third kappa shape index (κ3) is 2.49. The average molecular weight is 302 g/mol. The van der Waals surface area contributed by atoms with Crippen LogP contribution in [-0.4, -0.2) is 22.6 Å². The molecule has 7 heteroatoms. The highest BCUT2D eigenvalue weighted by molar-refractivity contribution is 5.99. The van der Waals surface area contributed by atoms with Gasteiger partial charge in [0.1, 0.15) is 17.4 Å². The van der Waals surface area contributed by atoms with Crippen LogP contribution in [0.15, 0.2) is 36.4 Å². The molecule has 1 heterocycles. The van der Waals surface area contributed by atoms with Crippen LogP contribution in [0.25, 0.3) is 22.0 Å². The predicted molar refractivity (Wildman–Crippen MR) is 83.9 cm³/mol. The first-order valence-electron chi connectivity index (χ1n) is 6.26. The number of hydrogen-bond acceptors (Lipinski definition) is 5. The van der Waals surface area contributed by atoms with Gasteiger partial charge in [0.25, 0.3) is 0 Å². The topological polar surface area (TPSA) is 119 Å². The maximum absolute atomic E-state index is 13.1. The number of nitrogens with zero attached hydrogens (tertiary/aromatic N) is 2. The van der Waals surface area contributed by atoms with Crippen LogP contribution in [0.1, 0.15) is 0 Å². The van der Waals surface area contributed by atoms with Gasteiger partial charge in [0.05, 0.1) is 18.0 Å². The van der Waals surface area contributed by atoms with Crippen molar-refractivity contribution in [3.8, 4) is 16.9 Å². The molecular weight excluding hydrogens is 287 g/mol. The van der Waals surface area contributed by atoms with Crippen LogP contribution in [0.3, 0.4) is 0 Å².